The van der Waals surface area contributed by atoms with Gasteiger partial charge in [0.1, 0.15) is 11.5 Å². The minimum Gasteiger partial charge on any atom is -0.507 e. The van der Waals surface area contributed by atoms with Crippen LogP contribution in [0.3, 0.4) is 0 Å². The van der Waals surface area contributed by atoms with E-state index in [2.05, 4.69) is 0 Å². The van der Waals surface area contributed by atoms with Gasteiger partial charge in [0.25, 0.3) is 0 Å². The Morgan fingerprint density at radius 1 is 0.909 bits per heavy atom. The predicted octanol–water partition coefficient (Wildman–Crippen LogP) is 3.78. The zero-order valence-electron chi connectivity index (χ0n) is 13.4. The van der Waals surface area contributed by atoms with Crippen LogP contribution in [-0.2, 0) is 4.79 Å². The van der Waals surface area contributed by atoms with Crippen molar-refractivity contribution in [3.8, 4) is 11.5 Å². The molecule has 0 spiro atoms. The van der Waals surface area contributed by atoms with E-state index in [1.807, 2.05) is 64.1 Å². The van der Waals surface area contributed by atoms with Crippen LogP contribution in [0.15, 0.2) is 36.4 Å². The molecule has 2 rings (SSSR count). The second-order valence-electron chi connectivity index (χ2n) is 5.14. The number of benzene rings is 2. The van der Waals surface area contributed by atoms with E-state index in [1.165, 1.54) is 0 Å². The van der Waals surface area contributed by atoms with E-state index in [1.54, 1.807) is 0 Å². The SMILES string of the molecule is Cc1cccc(C)c1O.Cc1cccc(C)c1OCC(=O)O. The highest BCUT2D eigenvalue weighted by Crippen LogP contribution is 2.22. The Labute approximate surface area is 131 Å². The summed E-state index contributed by atoms with van der Waals surface area (Å²) in [7, 11) is 0. The Morgan fingerprint density at radius 2 is 1.32 bits per heavy atom. The maximum absolute atomic E-state index is 10.3. The van der Waals surface area contributed by atoms with Crippen LogP contribution in [-0.4, -0.2) is 22.8 Å². The van der Waals surface area contributed by atoms with Crippen molar-refractivity contribution < 1.29 is 19.7 Å². The zero-order chi connectivity index (χ0) is 16.7. The highest BCUT2D eigenvalue weighted by Gasteiger charge is 2.04. The van der Waals surface area contributed by atoms with Crippen LogP contribution in [0.4, 0.5) is 0 Å². The molecule has 0 amide bonds. The van der Waals surface area contributed by atoms with Gasteiger partial charge in [-0.25, -0.2) is 4.79 Å². The number of carboxylic acid groups (broad SMARTS) is 1. The van der Waals surface area contributed by atoms with E-state index < -0.39 is 5.97 Å². The van der Waals surface area contributed by atoms with Gasteiger partial charge in [-0.3, -0.25) is 0 Å². The van der Waals surface area contributed by atoms with Crippen molar-refractivity contribution in [2.45, 2.75) is 27.7 Å². The van der Waals surface area contributed by atoms with Crippen LogP contribution < -0.4 is 4.74 Å². The fourth-order valence-corrected chi connectivity index (χ4v) is 1.97. The molecule has 0 aromatic heterocycles. The second kappa shape index (κ2) is 8.08. The number of phenols is 1. The van der Waals surface area contributed by atoms with Gasteiger partial charge in [0.2, 0.25) is 0 Å². The van der Waals surface area contributed by atoms with E-state index in [-0.39, 0.29) is 6.61 Å². The number of aryl methyl sites for hydroxylation is 4. The Morgan fingerprint density at radius 3 is 1.68 bits per heavy atom. The first kappa shape index (κ1) is 17.6. The maximum atomic E-state index is 10.3. The first-order valence-corrected chi connectivity index (χ1v) is 6.99. The molecule has 0 aliphatic carbocycles. The quantitative estimate of drug-likeness (QED) is 0.905. The van der Waals surface area contributed by atoms with Crippen LogP contribution in [0.5, 0.6) is 11.5 Å². The first-order valence-electron chi connectivity index (χ1n) is 6.99. The summed E-state index contributed by atoms with van der Waals surface area (Å²) in [5, 5.41) is 17.6. The van der Waals surface area contributed by atoms with E-state index in [9.17, 15) is 9.90 Å². The minimum absolute atomic E-state index is 0.286. The van der Waals surface area contributed by atoms with E-state index in [4.69, 9.17) is 9.84 Å². The molecular weight excluding hydrogens is 280 g/mol. The molecule has 2 aromatic rings. The topological polar surface area (TPSA) is 66.8 Å². The average Bonchev–Trinajstić information content (AvgIpc) is 2.44. The van der Waals surface area contributed by atoms with Crippen molar-refractivity contribution in [1.29, 1.82) is 0 Å². The van der Waals surface area contributed by atoms with Gasteiger partial charge in [0.15, 0.2) is 6.61 Å². The van der Waals surface area contributed by atoms with Gasteiger partial charge in [-0.1, -0.05) is 36.4 Å². The molecule has 0 aliphatic heterocycles. The first-order chi connectivity index (χ1) is 10.3. The third-order valence-corrected chi connectivity index (χ3v) is 3.19. The summed E-state index contributed by atoms with van der Waals surface area (Å²) in [5.41, 5.74) is 3.80. The molecule has 2 N–H and O–H groups in total. The monoisotopic (exact) mass is 302 g/mol. The molecule has 0 saturated carbocycles. The van der Waals surface area contributed by atoms with Crippen molar-refractivity contribution in [2.24, 2.45) is 0 Å². The largest absolute Gasteiger partial charge is 0.507 e. The van der Waals surface area contributed by atoms with Gasteiger partial charge >= 0.3 is 5.97 Å². The normalized spacial score (nSPS) is 9.64. The molecule has 4 nitrogen and oxygen atoms in total. The summed E-state index contributed by atoms with van der Waals surface area (Å²) < 4.78 is 5.13. The molecule has 0 saturated heterocycles. The molecule has 2 aromatic carbocycles. The lowest BCUT2D eigenvalue weighted by atomic mass is 10.1. The lowest BCUT2D eigenvalue weighted by Gasteiger charge is -2.09. The van der Waals surface area contributed by atoms with Crippen molar-refractivity contribution in [3.05, 3.63) is 58.7 Å². The number of para-hydroxylation sites is 2. The predicted molar refractivity (Wildman–Crippen MR) is 86.6 cm³/mol. The molecule has 22 heavy (non-hydrogen) atoms. The molecule has 0 radical (unpaired) electrons. The highest BCUT2D eigenvalue weighted by atomic mass is 16.5. The van der Waals surface area contributed by atoms with Crippen molar-refractivity contribution in [1.82, 2.24) is 0 Å². The zero-order valence-corrected chi connectivity index (χ0v) is 13.4. The van der Waals surface area contributed by atoms with Crippen LogP contribution in [0.25, 0.3) is 0 Å². The van der Waals surface area contributed by atoms with Gasteiger partial charge in [0.05, 0.1) is 0 Å². The maximum Gasteiger partial charge on any atom is 0.341 e. The molecule has 0 aliphatic rings. The second-order valence-corrected chi connectivity index (χ2v) is 5.14. The third-order valence-electron chi connectivity index (χ3n) is 3.19. The summed E-state index contributed by atoms with van der Waals surface area (Å²) in [5.74, 6) is 0.130. The number of hydrogen-bond donors (Lipinski definition) is 2. The summed E-state index contributed by atoms with van der Waals surface area (Å²) in [6.07, 6.45) is 0. The van der Waals surface area contributed by atoms with Gasteiger partial charge in [-0.05, 0) is 49.9 Å². The van der Waals surface area contributed by atoms with Gasteiger partial charge < -0.3 is 14.9 Å². The summed E-state index contributed by atoms with van der Waals surface area (Å²) in [6, 6.07) is 11.4. The van der Waals surface area contributed by atoms with E-state index >= 15 is 0 Å². The summed E-state index contributed by atoms with van der Waals surface area (Å²) >= 11 is 0. The molecule has 118 valence electrons. The van der Waals surface area contributed by atoms with E-state index in [0.29, 0.717) is 11.5 Å². The molecule has 0 unspecified atom stereocenters. The number of carbonyl (C=O) groups is 1. The van der Waals surface area contributed by atoms with Gasteiger partial charge in [-0.15, -0.1) is 0 Å². The Balaban J connectivity index is 0.000000235. The average molecular weight is 302 g/mol. The van der Waals surface area contributed by atoms with Crippen LogP contribution >= 0.6 is 0 Å². The summed E-state index contributed by atoms with van der Waals surface area (Å²) in [6.45, 7) is 7.28. The minimum atomic E-state index is -0.956. The van der Waals surface area contributed by atoms with E-state index in [0.717, 1.165) is 22.3 Å². The highest BCUT2D eigenvalue weighted by molar-refractivity contribution is 5.68. The molecule has 0 fully saturated rings. The van der Waals surface area contributed by atoms with Gasteiger partial charge in [0, 0.05) is 0 Å². The molecule has 0 heterocycles. The standard InChI is InChI=1S/C10H12O3.C8H10O/c1-7-4-3-5-8(2)10(7)13-6-9(11)12;1-6-4-3-5-7(2)8(6)9/h3-5H,6H2,1-2H3,(H,11,12);3-5,9H,1-2H3. The van der Waals surface area contributed by atoms with Crippen LogP contribution in [0.1, 0.15) is 22.3 Å². The Hall–Kier alpha value is -2.49. The smallest absolute Gasteiger partial charge is 0.341 e. The number of ether oxygens (including phenoxy) is 1. The summed E-state index contributed by atoms with van der Waals surface area (Å²) in [4.78, 5) is 10.3. The Kier molecular flexibility index (Phi) is 6.45. The number of hydrogen-bond acceptors (Lipinski definition) is 3. The van der Waals surface area contributed by atoms with Gasteiger partial charge in [-0.2, -0.15) is 0 Å². The van der Waals surface area contributed by atoms with Crippen LogP contribution in [0.2, 0.25) is 0 Å². The molecular formula is C18H22O4. The Bertz CT molecular complexity index is 607. The number of phenolic OH excluding ortho intramolecular Hbond substituents is 1. The number of rotatable bonds is 3. The molecule has 4 heteroatoms. The number of carboxylic acids is 1. The van der Waals surface area contributed by atoms with Crippen molar-refractivity contribution in [3.63, 3.8) is 0 Å². The molecule has 0 atom stereocenters. The third kappa shape index (κ3) is 5.13. The lowest BCUT2D eigenvalue weighted by Crippen LogP contribution is -2.10. The van der Waals surface area contributed by atoms with Crippen LogP contribution in [0, 0.1) is 27.7 Å². The fraction of sp³-hybridized carbons (Fsp3) is 0.278. The number of aromatic hydroxyl groups is 1. The lowest BCUT2D eigenvalue weighted by molar-refractivity contribution is -0.139. The molecule has 0 bridgehead atoms. The number of aliphatic carboxylic acids is 1. The fourth-order valence-electron chi connectivity index (χ4n) is 1.97. The van der Waals surface area contributed by atoms with Crippen molar-refractivity contribution in [2.75, 3.05) is 6.61 Å². The van der Waals surface area contributed by atoms with Crippen molar-refractivity contribution >= 4 is 5.97 Å².